The summed E-state index contributed by atoms with van der Waals surface area (Å²) < 4.78 is 0. The van der Waals surface area contributed by atoms with E-state index in [9.17, 15) is 9.59 Å². The predicted molar refractivity (Wildman–Crippen MR) is 82.0 cm³/mol. The lowest BCUT2D eigenvalue weighted by molar-refractivity contribution is -0.136. The molecule has 21 heavy (non-hydrogen) atoms. The lowest BCUT2D eigenvalue weighted by atomic mass is 10.1. The van der Waals surface area contributed by atoms with E-state index in [0.29, 0.717) is 19.5 Å². The van der Waals surface area contributed by atoms with Gasteiger partial charge in [-0.1, -0.05) is 24.3 Å². The van der Waals surface area contributed by atoms with E-state index in [1.807, 2.05) is 45.0 Å². The SMILES string of the molecule is CC(C)(C)NC(=O)CCNCc1ccc(CC(=O)O)cc1. The Morgan fingerprint density at radius 1 is 1.10 bits per heavy atom. The normalized spacial score (nSPS) is 11.2. The van der Waals surface area contributed by atoms with Crippen molar-refractivity contribution in [3.63, 3.8) is 0 Å². The summed E-state index contributed by atoms with van der Waals surface area (Å²) in [5.41, 5.74) is 1.66. The van der Waals surface area contributed by atoms with Crippen molar-refractivity contribution in [3.05, 3.63) is 35.4 Å². The van der Waals surface area contributed by atoms with Crippen LogP contribution in [0.4, 0.5) is 0 Å². The molecule has 0 spiro atoms. The van der Waals surface area contributed by atoms with Crippen LogP contribution in [0.15, 0.2) is 24.3 Å². The molecule has 0 bridgehead atoms. The molecule has 5 nitrogen and oxygen atoms in total. The highest BCUT2D eigenvalue weighted by atomic mass is 16.4. The highest BCUT2D eigenvalue weighted by Gasteiger charge is 2.12. The van der Waals surface area contributed by atoms with Gasteiger partial charge in [0.05, 0.1) is 6.42 Å². The zero-order valence-corrected chi connectivity index (χ0v) is 12.9. The minimum Gasteiger partial charge on any atom is -0.481 e. The summed E-state index contributed by atoms with van der Waals surface area (Å²) >= 11 is 0. The van der Waals surface area contributed by atoms with Crippen LogP contribution in [0.2, 0.25) is 0 Å². The van der Waals surface area contributed by atoms with Crippen LogP contribution in [0.5, 0.6) is 0 Å². The average molecular weight is 292 g/mol. The lowest BCUT2D eigenvalue weighted by Gasteiger charge is -2.20. The Morgan fingerprint density at radius 3 is 2.19 bits per heavy atom. The third-order valence-electron chi connectivity index (χ3n) is 2.75. The molecule has 0 saturated carbocycles. The summed E-state index contributed by atoms with van der Waals surface area (Å²) in [6.07, 6.45) is 0.481. The first-order valence-corrected chi connectivity index (χ1v) is 7.07. The van der Waals surface area contributed by atoms with E-state index in [1.165, 1.54) is 0 Å². The van der Waals surface area contributed by atoms with Gasteiger partial charge in [-0.15, -0.1) is 0 Å². The largest absolute Gasteiger partial charge is 0.481 e. The summed E-state index contributed by atoms with van der Waals surface area (Å²) in [6.45, 7) is 7.14. The van der Waals surface area contributed by atoms with Gasteiger partial charge in [0, 0.05) is 25.0 Å². The van der Waals surface area contributed by atoms with Gasteiger partial charge >= 0.3 is 5.97 Å². The maximum atomic E-state index is 11.6. The van der Waals surface area contributed by atoms with Gasteiger partial charge in [-0.2, -0.15) is 0 Å². The van der Waals surface area contributed by atoms with Crippen LogP contribution in [0.3, 0.4) is 0 Å². The van der Waals surface area contributed by atoms with Crippen LogP contribution >= 0.6 is 0 Å². The molecule has 1 aromatic carbocycles. The number of rotatable bonds is 7. The third kappa shape index (κ3) is 8.09. The molecule has 0 radical (unpaired) electrons. The molecular formula is C16H24N2O3. The fourth-order valence-corrected chi connectivity index (χ4v) is 1.86. The van der Waals surface area contributed by atoms with E-state index < -0.39 is 5.97 Å². The zero-order chi connectivity index (χ0) is 15.9. The van der Waals surface area contributed by atoms with Gasteiger partial charge in [0.1, 0.15) is 0 Å². The number of amides is 1. The van der Waals surface area contributed by atoms with Crippen LogP contribution in [0.1, 0.15) is 38.3 Å². The topological polar surface area (TPSA) is 78.4 Å². The maximum Gasteiger partial charge on any atom is 0.307 e. The number of hydrogen-bond donors (Lipinski definition) is 3. The van der Waals surface area contributed by atoms with Crippen LogP contribution < -0.4 is 10.6 Å². The highest BCUT2D eigenvalue weighted by molar-refractivity contribution is 5.76. The van der Waals surface area contributed by atoms with Crippen molar-refractivity contribution < 1.29 is 14.7 Å². The van der Waals surface area contributed by atoms with E-state index in [2.05, 4.69) is 10.6 Å². The quantitative estimate of drug-likeness (QED) is 0.669. The molecule has 0 atom stereocenters. The second-order valence-corrected chi connectivity index (χ2v) is 6.11. The van der Waals surface area contributed by atoms with Gasteiger partial charge in [-0.25, -0.2) is 0 Å². The van der Waals surface area contributed by atoms with Crippen LogP contribution in [0.25, 0.3) is 0 Å². The van der Waals surface area contributed by atoms with Gasteiger partial charge < -0.3 is 15.7 Å². The van der Waals surface area contributed by atoms with E-state index in [4.69, 9.17) is 5.11 Å². The first-order chi connectivity index (χ1) is 9.76. The monoisotopic (exact) mass is 292 g/mol. The lowest BCUT2D eigenvalue weighted by Crippen LogP contribution is -2.41. The summed E-state index contributed by atoms with van der Waals surface area (Å²) in [4.78, 5) is 22.2. The van der Waals surface area contributed by atoms with Crippen LogP contribution in [0, 0.1) is 0 Å². The molecule has 0 aliphatic heterocycles. The second kappa shape index (κ2) is 7.78. The second-order valence-electron chi connectivity index (χ2n) is 6.11. The minimum absolute atomic E-state index is 0.0341. The number of carbonyl (C=O) groups is 2. The Balaban J connectivity index is 2.27. The maximum absolute atomic E-state index is 11.6. The van der Waals surface area contributed by atoms with Crippen LogP contribution in [-0.2, 0) is 22.6 Å². The van der Waals surface area contributed by atoms with Crippen molar-refractivity contribution in [2.45, 2.75) is 45.7 Å². The van der Waals surface area contributed by atoms with Gasteiger partial charge in [-0.05, 0) is 31.9 Å². The highest BCUT2D eigenvalue weighted by Crippen LogP contribution is 2.05. The van der Waals surface area contributed by atoms with Crippen molar-refractivity contribution in [1.29, 1.82) is 0 Å². The van der Waals surface area contributed by atoms with Gasteiger partial charge in [-0.3, -0.25) is 9.59 Å². The molecule has 0 heterocycles. The Bertz CT molecular complexity index is 475. The minimum atomic E-state index is -0.828. The molecule has 0 unspecified atom stereocenters. The van der Waals surface area contributed by atoms with E-state index in [1.54, 1.807) is 0 Å². The molecule has 1 amide bonds. The average Bonchev–Trinajstić information content (AvgIpc) is 2.34. The van der Waals surface area contributed by atoms with Gasteiger partial charge in [0.15, 0.2) is 0 Å². The molecule has 116 valence electrons. The molecule has 0 saturated heterocycles. The zero-order valence-electron chi connectivity index (χ0n) is 12.9. The van der Waals surface area contributed by atoms with Crippen LogP contribution in [-0.4, -0.2) is 29.1 Å². The number of hydrogen-bond acceptors (Lipinski definition) is 3. The number of carbonyl (C=O) groups excluding carboxylic acids is 1. The fourth-order valence-electron chi connectivity index (χ4n) is 1.86. The Kier molecular flexibility index (Phi) is 6.37. The number of aliphatic carboxylic acids is 1. The summed E-state index contributed by atoms with van der Waals surface area (Å²) in [6, 6.07) is 7.44. The molecule has 0 aliphatic carbocycles. The predicted octanol–water partition coefficient (Wildman–Crippen LogP) is 1.71. The summed E-state index contributed by atoms with van der Waals surface area (Å²) in [7, 11) is 0. The van der Waals surface area contributed by atoms with E-state index in [-0.39, 0.29) is 17.9 Å². The molecule has 0 fully saturated rings. The molecule has 3 N–H and O–H groups in total. The Labute approximate surface area is 125 Å². The van der Waals surface area contributed by atoms with E-state index >= 15 is 0 Å². The third-order valence-corrected chi connectivity index (χ3v) is 2.75. The van der Waals surface area contributed by atoms with Gasteiger partial charge in [0.2, 0.25) is 5.91 Å². The molecule has 0 aromatic heterocycles. The van der Waals surface area contributed by atoms with Crippen molar-refractivity contribution in [3.8, 4) is 0 Å². The Morgan fingerprint density at radius 2 is 1.67 bits per heavy atom. The molecule has 1 aromatic rings. The first kappa shape index (κ1) is 17.2. The number of carboxylic acids is 1. The number of nitrogens with one attached hydrogen (secondary N) is 2. The molecule has 5 heteroatoms. The molecular weight excluding hydrogens is 268 g/mol. The summed E-state index contributed by atoms with van der Waals surface area (Å²) in [5, 5.41) is 14.8. The van der Waals surface area contributed by atoms with Crippen molar-refractivity contribution in [2.75, 3.05) is 6.54 Å². The van der Waals surface area contributed by atoms with Crippen molar-refractivity contribution >= 4 is 11.9 Å². The van der Waals surface area contributed by atoms with Crippen molar-refractivity contribution in [2.24, 2.45) is 0 Å². The molecule has 1 rings (SSSR count). The summed E-state index contributed by atoms with van der Waals surface area (Å²) in [5.74, 6) is -0.794. The number of benzene rings is 1. The van der Waals surface area contributed by atoms with Crippen molar-refractivity contribution in [1.82, 2.24) is 10.6 Å². The first-order valence-electron chi connectivity index (χ1n) is 7.07. The van der Waals surface area contributed by atoms with E-state index in [0.717, 1.165) is 11.1 Å². The molecule has 0 aliphatic rings. The smallest absolute Gasteiger partial charge is 0.307 e. The number of carboxylic acid groups (broad SMARTS) is 1. The van der Waals surface area contributed by atoms with Gasteiger partial charge in [0.25, 0.3) is 0 Å². The fraction of sp³-hybridized carbons (Fsp3) is 0.500. The standard InChI is InChI=1S/C16H24N2O3/c1-16(2,3)18-14(19)8-9-17-11-13-6-4-12(5-7-13)10-15(20)21/h4-7,17H,8-11H2,1-3H3,(H,18,19)(H,20,21). The Hall–Kier alpha value is -1.88.